The summed E-state index contributed by atoms with van der Waals surface area (Å²) in [6.07, 6.45) is 5.63. The number of hydrogen-bond acceptors (Lipinski definition) is 3. The summed E-state index contributed by atoms with van der Waals surface area (Å²) in [4.78, 5) is 17.6. The minimum absolute atomic E-state index is 0.283. The zero-order valence-corrected chi connectivity index (χ0v) is 18.1. The van der Waals surface area contributed by atoms with Gasteiger partial charge in [-0.25, -0.2) is 9.78 Å². The van der Waals surface area contributed by atoms with Gasteiger partial charge in [0.1, 0.15) is 0 Å². The maximum absolute atomic E-state index is 12.8. The van der Waals surface area contributed by atoms with Gasteiger partial charge in [-0.3, -0.25) is 0 Å². The van der Waals surface area contributed by atoms with E-state index in [1.54, 1.807) is 0 Å². The van der Waals surface area contributed by atoms with Gasteiger partial charge >= 0.3 is 5.97 Å². The van der Waals surface area contributed by atoms with Gasteiger partial charge in [0, 0.05) is 15.4 Å². The van der Waals surface area contributed by atoms with E-state index in [-0.39, 0.29) is 5.97 Å². The van der Waals surface area contributed by atoms with E-state index in [0.717, 1.165) is 39.5 Å². The van der Waals surface area contributed by atoms with Crippen molar-refractivity contribution in [2.75, 3.05) is 6.61 Å². The van der Waals surface area contributed by atoms with Gasteiger partial charge in [-0.15, -0.1) is 0 Å². The summed E-state index contributed by atoms with van der Waals surface area (Å²) in [5.41, 5.74) is 4.32. The number of aryl methyl sites for hydroxylation is 1. The summed E-state index contributed by atoms with van der Waals surface area (Å²) in [7, 11) is 0. The minimum atomic E-state index is -0.283. The number of halogens is 1. The van der Waals surface area contributed by atoms with Crippen molar-refractivity contribution in [3.8, 4) is 11.3 Å². The fourth-order valence-electron chi connectivity index (χ4n) is 3.19. The van der Waals surface area contributed by atoms with E-state index >= 15 is 0 Å². The number of fused-ring (bicyclic) bond motifs is 1. The lowest BCUT2D eigenvalue weighted by Gasteiger charge is -2.11. The maximum atomic E-state index is 12.8. The number of rotatable bonds is 8. The van der Waals surface area contributed by atoms with Crippen molar-refractivity contribution in [1.29, 1.82) is 0 Å². The molecule has 0 radical (unpaired) electrons. The molecule has 3 nitrogen and oxygen atoms in total. The van der Waals surface area contributed by atoms with Crippen LogP contribution >= 0.6 is 15.9 Å². The molecule has 0 fully saturated rings. The fraction of sp³-hybridized carbons (Fsp3) is 0.333. The number of carbonyl (C=O) groups excluding carboxylic acids is 1. The molecule has 0 saturated carbocycles. The van der Waals surface area contributed by atoms with E-state index in [0.29, 0.717) is 12.2 Å². The number of nitrogens with zero attached hydrogens (tertiary/aromatic N) is 1. The van der Waals surface area contributed by atoms with Gasteiger partial charge in [0.25, 0.3) is 0 Å². The number of esters is 1. The lowest BCUT2D eigenvalue weighted by atomic mass is 10.0. The fourth-order valence-corrected chi connectivity index (χ4v) is 3.55. The Morgan fingerprint density at radius 2 is 1.75 bits per heavy atom. The van der Waals surface area contributed by atoms with Crippen LogP contribution in [0.2, 0.25) is 0 Å². The average Bonchev–Trinajstić information content (AvgIpc) is 2.70. The van der Waals surface area contributed by atoms with Crippen LogP contribution in [0, 0.1) is 6.92 Å². The number of aromatic nitrogens is 1. The smallest absolute Gasteiger partial charge is 0.338 e. The van der Waals surface area contributed by atoms with Gasteiger partial charge in [-0.1, -0.05) is 78.4 Å². The molecule has 4 heteroatoms. The first kappa shape index (κ1) is 20.5. The molecule has 0 N–H and O–H groups in total. The summed E-state index contributed by atoms with van der Waals surface area (Å²) in [5.74, 6) is -0.283. The summed E-state index contributed by atoms with van der Waals surface area (Å²) in [5, 5.41) is 0.807. The van der Waals surface area contributed by atoms with Crippen LogP contribution in [-0.4, -0.2) is 17.6 Å². The molecule has 28 heavy (non-hydrogen) atoms. The molecule has 2 aromatic carbocycles. The lowest BCUT2D eigenvalue weighted by Crippen LogP contribution is -2.08. The number of benzene rings is 2. The van der Waals surface area contributed by atoms with Gasteiger partial charge in [0.15, 0.2) is 0 Å². The molecule has 0 aliphatic carbocycles. The molecule has 1 aromatic heterocycles. The standard InChI is InChI=1S/C24H26BrNO2/c1-3-4-5-6-7-14-28-24(27)21-16-23(18-10-8-17(2)9-11-18)26-22-13-12-19(25)15-20(21)22/h8-13,15-16H,3-7,14H2,1-2H3. The van der Waals surface area contributed by atoms with Gasteiger partial charge < -0.3 is 4.74 Å². The second kappa shape index (κ2) is 9.83. The molecular formula is C24H26BrNO2. The van der Waals surface area contributed by atoms with Crippen LogP contribution in [-0.2, 0) is 4.74 Å². The third-order valence-electron chi connectivity index (χ3n) is 4.82. The Morgan fingerprint density at radius 1 is 1.00 bits per heavy atom. The number of pyridine rings is 1. The van der Waals surface area contributed by atoms with Crippen molar-refractivity contribution >= 4 is 32.8 Å². The Labute approximate surface area is 175 Å². The predicted molar refractivity (Wildman–Crippen MR) is 119 cm³/mol. The Hall–Kier alpha value is -2.20. The van der Waals surface area contributed by atoms with Crippen LogP contribution < -0.4 is 0 Å². The highest BCUT2D eigenvalue weighted by atomic mass is 79.9. The molecule has 0 amide bonds. The van der Waals surface area contributed by atoms with E-state index in [2.05, 4.69) is 41.9 Å². The van der Waals surface area contributed by atoms with Crippen molar-refractivity contribution < 1.29 is 9.53 Å². The van der Waals surface area contributed by atoms with E-state index in [1.165, 1.54) is 24.8 Å². The van der Waals surface area contributed by atoms with Gasteiger partial charge in [0.2, 0.25) is 0 Å². The quantitative estimate of drug-likeness (QED) is 0.277. The van der Waals surface area contributed by atoms with Gasteiger partial charge in [-0.2, -0.15) is 0 Å². The first-order valence-electron chi connectivity index (χ1n) is 9.93. The van der Waals surface area contributed by atoms with Crippen LogP contribution in [0.4, 0.5) is 0 Å². The summed E-state index contributed by atoms with van der Waals surface area (Å²) in [6, 6.07) is 15.8. The SMILES string of the molecule is CCCCCCCOC(=O)c1cc(-c2ccc(C)cc2)nc2ccc(Br)cc12. The van der Waals surface area contributed by atoms with Crippen molar-refractivity contribution in [2.45, 2.75) is 46.0 Å². The molecule has 3 aromatic rings. The first-order chi connectivity index (χ1) is 13.6. The molecule has 1 heterocycles. The van der Waals surface area contributed by atoms with Crippen LogP contribution in [0.3, 0.4) is 0 Å². The van der Waals surface area contributed by atoms with E-state index in [4.69, 9.17) is 9.72 Å². The highest BCUT2D eigenvalue weighted by molar-refractivity contribution is 9.10. The average molecular weight is 440 g/mol. The van der Waals surface area contributed by atoms with Gasteiger partial charge in [0.05, 0.1) is 23.4 Å². The number of hydrogen-bond donors (Lipinski definition) is 0. The van der Waals surface area contributed by atoms with Crippen LogP contribution in [0.1, 0.15) is 54.9 Å². The maximum Gasteiger partial charge on any atom is 0.338 e. The number of ether oxygens (including phenoxy) is 1. The molecule has 0 aliphatic heterocycles. The molecule has 146 valence electrons. The molecular weight excluding hydrogens is 414 g/mol. The topological polar surface area (TPSA) is 39.2 Å². The van der Waals surface area contributed by atoms with Crippen molar-refractivity contribution in [3.05, 3.63) is 64.1 Å². The molecule has 0 atom stereocenters. The Balaban J connectivity index is 1.87. The third kappa shape index (κ3) is 5.20. The largest absolute Gasteiger partial charge is 0.462 e. The monoisotopic (exact) mass is 439 g/mol. The molecule has 0 unspecified atom stereocenters. The highest BCUT2D eigenvalue weighted by Gasteiger charge is 2.15. The summed E-state index contributed by atoms with van der Waals surface area (Å²) in [6.45, 7) is 4.71. The third-order valence-corrected chi connectivity index (χ3v) is 5.31. The zero-order chi connectivity index (χ0) is 19.9. The van der Waals surface area contributed by atoms with E-state index < -0.39 is 0 Å². The second-order valence-corrected chi connectivity index (χ2v) is 8.05. The molecule has 3 rings (SSSR count). The molecule has 0 aliphatic rings. The van der Waals surface area contributed by atoms with Gasteiger partial charge in [-0.05, 0) is 37.6 Å². The van der Waals surface area contributed by atoms with Crippen molar-refractivity contribution in [1.82, 2.24) is 4.98 Å². The molecule has 0 bridgehead atoms. The summed E-state index contributed by atoms with van der Waals surface area (Å²) >= 11 is 3.50. The minimum Gasteiger partial charge on any atom is -0.462 e. The lowest BCUT2D eigenvalue weighted by molar-refractivity contribution is 0.0500. The Kier molecular flexibility index (Phi) is 7.21. The van der Waals surface area contributed by atoms with E-state index in [1.807, 2.05) is 36.4 Å². The number of unbranched alkanes of at least 4 members (excludes halogenated alkanes) is 4. The van der Waals surface area contributed by atoms with Crippen LogP contribution in [0.25, 0.3) is 22.2 Å². The number of carbonyl (C=O) groups is 1. The Morgan fingerprint density at radius 3 is 2.50 bits per heavy atom. The molecule has 0 saturated heterocycles. The highest BCUT2D eigenvalue weighted by Crippen LogP contribution is 2.28. The normalized spacial score (nSPS) is 11.0. The second-order valence-electron chi connectivity index (χ2n) is 7.13. The predicted octanol–water partition coefficient (Wildman–Crippen LogP) is 7.10. The first-order valence-corrected chi connectivity index (χ1v) is 10.7. The van der Waals surface area contributed by atoms with Crippen molar-refractivity contribution in [2.24, 2.45) is 0 Å². The van der Waals surface area contributed by atoms with Crippen LogP contribution in [0.5, 0.6) is 0 Å². The van der Waals surface area contributed by atoms with Crippen molar-refractivity contribution in [3.63, 3.8) is 0 Å². The summed E-state index contributed by atoms with van der Waals surface area (Å²) < 4.78 is 6.50. The zero-order valence-electron chi connectivity index (χ0n) is 16.5. The van der Waals surface area contributed by atoms with Crippen LogP contribution in [0.15, 0.2) is 53.0 Å². The van der Waals surface area contributed by atoms with E-state index in [9.17, 15) is 4.79 Å². The Bertz CT molecular complexity index is 951. The molecule has 0 spiro atoms.